The van der Waals surface area contributed by atoms with E-state index in [0.29, 0.717) is 18.9 Å². The van der Waals surface area contributed by atoms with Gasteiger partial charge in [0.05, 0.1) is 6.54 Å². The van der Waals surface area contributed by atoms with Gasteiger partial charge < -0.3 is 15.5 Å². The molecule has 5 heteroatoms. The Labute approximate surface area is 104 Å². The molecule has 0 radical (unpaired) electrons. The highest BCUT2D eigenvalue weighted by Gasteiger charge is 2.04. The standard InChI is InChI=1S/C12H25N3O2/c1-10(2)5-8-14-11(16)9-13-7-6-12(17)15(3)4/h10,13H,5-9H2,1-4H3,(H,14,16). The Kier molecular flexibility index (Phi) is 8.40. The highest BCUT2D eigenvalue weighted by molar-refractivity contribution is 5.78. The Hall–Kier alpha value is -1.10. The molecule has 0 aromatic heterocycles. The van der Waals surface area contributed by atoms with Crippen LogP contribution in [-0.2, 0) is 9.59 Å². The fourth-order valence-electron chi connectivity index (χ4n) is 1.18. The zero-order valence-electron chi connectivity index (χ0n) is 11.4. The molecule has 0 aliphatic rings. The molecule has 0 saturated carbocycles. The van der Waals surface area contributed by atoms with E-state index in [4.69, 9.17) is 0 Å². The van der Waals surface area contributed by atoms with Crippen LogP contribution in [0.5, 0.6) is 0 Å². The van der Waals surface area contributed by atoms with Gasteiger partial charge in [-0.2, -0.15) is 0 Å². The van der Waals surface area contributed by atoms with E-state index in [1.807, 2.05) is 0 Å². The number of rotatable bonds is 8. The van der Waals surface area contributed by atoms with E-state index in [2.05, 4.69) is 24.5 Å². The lowest BCUT2D eigenvalue weighted by atomic mass is 10.1. The first kappa shape index (κ1) is 15.9. The van der Waals surface area contributed by atoms with E-state index >= 15 is 0 Å². The fraction of sp³-hybridized carbons (Fsp3) is 0.833. The second-order valence-electron chi connectivity index (χ2n) is 4.75. The summed E-state index contributed by atoms with van der Waals surface area (Å²) in [6.07, 6.45) is 1.41. The van der Waals surface area contributed by atoms with Gasteiger partial charge in [-0.3, -0.25) is 9.59 Å². The Morgan fingerprint density at radius 3 is 2.35 bits per heavy atom. The first-order valence-corrected chi connectivity index (χ1v) is 6.11. The van der Waals surface area contributed by atoms with Crippen molar-refractivity contribution in [3.05, 3.63) is 0 Å². The largest absolute Gasteiger partial charge is 0.355 e. The summed E-state index contributed by atoms with van der Waals surface area (Å²) >= 11 is 0. The second-order valence-corrected chi connectivity index (χ2v) is 4.75. The van der Waals surface area contributed by atoms with E-state index in [-0.39, 0.29) is 18.4 Å². The van der Waals surface area contributed by atoms with Crippen LogP contribution in [0.2, 0.25) is 0 Å². The zero-order chi connectivity index (χ0) is 13.3. The van der Waals surface area contributed by atoms with Gasteiger partial charge in [-0.1, -0.05) is 13.8 Å². The summed E-state index contributed by atoms with van der Waals surface area (Å²) in [5, 5.41) is 5.78. The summed E-state index contributed by atoms with van der Waals surface area (Å²) in [4.78, 5) is 24.1. The van der Waals surface area contributed by atoms with Crippen LogP contribution in [0, 0.1) is 5.92 Å². The molecule has 5 nitrogen and oxygen atoms in total. The highest BCUT2D eigenvalue weighted by Crippen LogP contribution is 1.95. The topological polar surface area (TPSA) is 61.4 Å². The van der Waals surface area contributed by atoms with Crippen LogP contribution in [0.25, 0.3) is 0 Å². The van der Waals surface area contributed by atoms with Gasteiger partial charge in [0.1, 0.15) is 0 Å². The van der Waals surface area contributed by atoms with Gasteiger partial charge in [0.2, 0.25) is 11.8 Å². The number of nitrogens with zero attached hydrogens (tertiary/aromatic N) is 1. The van der Waals surface area contributed by atoms with Crippen LogP contribution < -0.4 is 10.6 Å². The molecule has 0 aromatic rings. The molecule has 0 aliphatic carbocycles. The minimum atomic E-state index is -0.0112. The summed E-state index contributed by atoms with van der Waals surface area (Å²) in [6.45, 7) is 5.77. The summed E-state index contributed by atoms with van der Waals surface area (Å²) in [5.41, 5.74) is 0. The molecule has 2 amide bonds. The SMILES string of the molecule is CC(C)CCNC(=O)CNCCC(=O)N(C)C. The minimum Gasteiger partial charge on any atom is -0.355 e. The summed E-state index contributed by atoms with van der Waals surface area (Å²) in [7, 11) is 3.45. The average molecular weight is 243 g/mol. The molecule has 17 heavy (non-hydrogen) atoms. The first-order valence-electron chi connectivity index (χ1n) is 6.11. The molecule has 0 saturated heterocycles. The monoisotopic (exact) mass is 243 g/mol. The van der Waals surface area contributed by atoms with Crippen molar-refractivity contribution >= 4 is 11.8 Å². The van der Waals surface area contributed by atoms with Crippen molar-refractivity contribution in [2.45, 2.75) is 26.7 Å². The van der Waals surface area contributed by atoms with E-state index in [0.717, 1.165) is 13.0 Å². The van der Waals surface area contributed by atoms with Crippen molar-refractivity contribution in [1.82, 2.24) is 15.5 Å². The van der Waals surface area contributed by atoms with Crippen molar-refractivity contribution in [3.63, 3.8) is 0 Å². The molecule has 2 N–H and O–H groups in total. The number of hydrogen-bond donors (Lipinski definition) is 2. The number of hydrogen-bond acceptors (Lipinski definition) is 3. The maximum Gasteiger partial charge on any atom is 0.233 e. The van der Waals surface area contributed by atoms with Gasteiger partial charge in [-0.15, -0.1) is 0 Å². The van der Waals surface area contributed by atoms with Gasteiger partial charge >= 0.3 is 0 Å². The maximum absolute atomic E-state index is 11.3. The van der Waals surface area contributed by atoms with E-state index < -0.39 is 0 Å². The highest BCUT2D eigenvalue weighted by atomic mass is 16.2. The molecule has 0 spiro atoms. The summed E-state index contributed by atoms with van der Waals surface area (Å²) in [5.74, 6) is 0.654. The fourth-order valence-corrected chi connectivity index (χ4v) is 1.18. The van der Waals surface area contributed by atoms with Crippen molar-refractivity contribution in [2.24, 2.45) is 5.92 Å². The quantitative estimate of drug-likeness (QED) is 0.599. The molecule has 0 unspecified atom stereocenters. The Balaban J connectivity index is 3.42. The molecule has 0 atom stereocenters. The van der Waals surface area contributed by atoms with Gasteiger partial charge in [-0.05, 0) is 12.3 Å². The molecule has 100 valence electrons. The van der Waals surface area contributed by atoms with Crippen LogP contribution in [-0.4, -0.2) is 50.4 Å². The van der Waals surface area contributed by atoms with Crippen LogP contribution in [0.15, 0.2) is 0 Å². The van der Waals surface area contributed by atoms with Crippen LogP contribution in [0.1, 0.15) is 26.7 Å². The molecular weight excluding hydrogens is 218 g/mol. The lowest BCUT2D eigenvalue weighted by Crippen LogP contribution is -2.36. The van der Waals surface area contributed by atoms with E-state index in [1.54, 1.807) is 19.0 Å². The smallest absolute Gasteiger partial charge is 0.233 e. The number of amides is 2. The van der Waals surface area contributed by atoms with Gasteiger partial charge in [0.15, 0.2) is 0 Å². The molecule has 0 rings (SSSR count). The normalized spacial score (nSPS) is 10.4. The first-order chi connectivity index (χ1) is 7.93. The zero-order valence-corrected chi connectivity index (χ0v) is 11.4. The maximum atomic E-state index is 11.3. The third-order valence-electron chi connectivity index (χ3n) is 2.34. The number of carbonyl (C=O) groups is 2. The molecule has 0 aromatic carbocycles. The third kappa shape index (κ3) is 9.81. The van der Waals surface area contributed by atoms with Crippen molar-refractivity contribution in [1.29, 1.82) is 0 Å². The minimum absolute atomic E-state index is 0.0112. The average Bonchev–Trinajstić information content (AvgIpc) is 2.23. The van der Waals surface area contributed by atoms with Gasteiger partial charge in [0.25, 0.3) is 0 Å². The molecular formula is C12H25N3O2. The van der Waals surface area contributed by atoms with E-state index in [1.165, 1.54) is 0 Å². The predicted molar refractivity (Wildman–Crippen MR) is 68.6 cm³/mol. The van der Waals surface area contributed by atoms with Crippen molar-refractivity contribution in [3.8, 4) is 0 Å². The Morgan fingerprint density at radius 1 is 1.18 bits per heavy atom. The van der Waals surface area contributed by atoms with Crippen molar-refractivity contribution in [2.75, 3.05) is 33.7 Å². The van der Waals surface area contributed by atoms with Crippen molar-refractivity contribution < 1.29 is 9.59 Å². The van der Waals surface area contributed by atoms with Gasteiger partial charge in [0, 0.05) is 33.6 Å². The van der Waals surface area contributed by atoms with Crippen LogP contribution in [0.3, 0.4) is 0 Å². The van der Waals surface area contributed by atoms with Crippen LogP contribution in [0.4, 0.5) is 0 Å². The predicted octanol–water partition coefficient (Wildman–Crippen LogP) is 0.217. The van der Waals surface area contributed by atoms with Gasteiger partial charge in [-0.25, -0.2) is 0 Å². The lowest BCUT2D eigenvalue weighted by Gasteiger charge is -2.11. The second kappa shape index (κ2) is 8.98. The Bertz CT molecular complexity index is 240. The summed E-state index contributed by atoms with van der Waals surface area (Å²) < 4.78 is 0. The van der Waals surface area contributed by atoms with Crippen LogP contribution >= 0.6 is 0 Å². The Morgan fingerprint density at radius 2 is 1.82 bits per heavy atom. The molecule has 0 bridgehead atoms. The molecule has 0 heterocycles. The summed E-state index contributed by atoms with van der Waals surface area (Å²) in [6, 6.07) is 0. The molecule has 0 aliphatic heterocycles. The van der Waals surface area contributed by atoms with E-state index in [9.17, 15) is 9.59 Å². The number of nitrogens with one attached hydrogen (secondary N) is 2. The third-order valence-corrected chi connectivity index (χ3v) is 2.34. The molecule has 0 fully saturated rings. The number of carbonyl (C=O) groups excluding carboxylic acids is 2. The lowest BCUT2D eigenvalue weighted by molar-refractivity contribution is -0.128.